The van der Waals surface area contributed by atoms with Crippen molar-refractivity contribution in [2.75, 3.05) is 25.2 Å². The molecule has 2 rings (SSSR count). The molecule has 1 fully saturated rings. The number of rotatable bonds is 5. The first-order valence-corrected chi connectivity index (χ1v) is 7.85. The fraction of sp³-hybridized carbons (Fsp3) is 0.643. The van der Waals surface area contributed by atoms with Crippen LogP contribution in [0.3, 0.4) is 0 Å². The summed E-state index contributed by atoms with van der Waals surface area (Å²) in [4.78, 5) is 11.3. The first kappa shape index (κ1) is 14.5. The maximum atomic E-state index is 11.3. The Kier molecular flexibility index (Phi) is 5.34. The second-order valence-corrected chi connectivity index (χ2v) is 6.10. The standard InChI is InChI=1S/C14H21NO3S/c1-10(15-9-11-5-7-19-8-6-11)12-3-4-13(18-12)14(16)17-2/h3-4,10-11,15H,5-9H2,1-2H3. The molecule has 1 N–H and O–H groups in total. The van der Waals surface area contributed by atoms with Crippen molar-refractivity contribution < 1.29 is 13.9 Å². The summed E-state index contributed by atoms with van der Waals surface area (Å²) in [6.07, 6.45) is 2.58. The monoisotopic (exact) mass is 283 g/mol. The minimum atomic E-state index is -0.428. The van der Waals surface area contributed by atoms with Crippen molar-refractivity contribution in [2.24, 2.45) is 5.92 Å². The van der Waals surface area contributed by atoms with Gasteiger partial charge in [-0.2, -0.15) is 11.8 Å². The van der Waals surface area contributed by atoms with Crippen molar-refractivity contribution in [3.05, 3.63) is 23.7 Å². The SMILES string of the molecule is COC(=O)c1ccc(C(C)NCC2CCSCC2)o1. The van der Waals surface area contributed by atoms with Crippen LogP contribution >= 0.6 is 11.8 Å². The Morgan fingerprint density at radius 3 is 2.95 bits per heavy atom. The van der Waals surface area contributed by atoms with Crippen LogP contribution < -0.4 is 5.32 Å². The topological polar surface area (TPSA) is 51.5 Å². The fourth-order valence-electron chi connectivity index (χ4n) is 2.19. The zero-order chi connectivity index (χ0) is 13.7. The highest BCUT2D eigenvalue weighted by Crippen LogP contribution is 2.23. The summed E-state index contributed by atoms with van der Waals surface area (Å²) in [6, 6.07) is 3.62. The summed E-state index contributed by atoms with van der Waals surface area (Å²) < 4.78 is 10.1. The first-order valence-electron chi connectivity index (χ1n) is 6.70. The summed E-state index contributed by atoms with van der Waals surface area (Å²) in [6.45, 7) is 3.06. The van der Waals surface area contributed by atoms with Crippen molar-refractivity contribution >= 4 is 17.7 Å². The molecule has 0 radical (unpaired) electrons. The molecule has 0 bridgehead atoms. The second-order valence-electron chi connectivity index (χ2n) is 4.88. The smallest absolute Gasteiger partial charge is 0.373 e. The van der Waals surface area contributed by atoms with E-state index in [9.17, 15) is 4.79 Å². The molecular formula is C14H21NO3S. The van der Waals surface area contributed by atoms with Crippen molar-refractivity contribution in [3.63, 3.8) is 0 Å². The summed E-state index contributed by atoms with van der Waals surface area (Å²) in [5.41, 5.74) is 0. The molecule has 5 heteroatoms. The normalized spacial score (nSPS) is 18.2. The number of methoxy groups -OCH3 is 1. The number of hydrogen-bond donors (Lipinski definition) is 1. The van der Waals surface area contributed by atoms with E-state index in [4.69, 9.17) is 4.42 Å². The highest BCUT2D eigenvalue weighted by atomic mass is 32.2. The zero-order valence-corrected chi connectivity index (χ0v) is 12.3. The van der Waals surface area contributed by atoms with Gasteiger partial charge in [0.2, 0.25) is 5.76 Å². The zero-order valence-electron chi connectivity index (χ0n) is 11.5. The fourth-order valence-corrected chi connectivity index (χ4v) is 3.39. The largest absolute Gasteiger partial charge is 0.463 e. The van der Waals surface area contributed by atoms with Gasteiger partial charge in [-0.15, -0.1) is 0 Å². The van der Waals surface area contributed by atoms with Crippen molar-refractivity contribution in [2.45, 2.75) is 25.8 Å². The van der Waals surface area contributed by atoms with Crippen molar-refractivity contribution in [1.82, 2.24) is 5.32 Å². The average Bonchev–Trinajstić information content (AvgIpc) is 2.95. The van der Waals surface area contributed by atoms with E-state index in [2.05, 4.69) is 17.0 Å². The molecule has 0 spiro atoms. The van der Waals surface area contributed by atoms with E-state index in [1.807, 2.05) is 17.8 Å². The van der Waals surface area contributed by atoms with E-state index in [0.717, 1.165) is 18.2 Å². The van der Waals surface area contributed by atoms with Gasteiger partial charge in [0.15, 0.2) is 0 Å². The average molecular weight is 283 g/mol. The van der Waals surface area contributed by atoms with Crippen LogP contribution in [0.25, 0.3) is 0 Å². The number of esters is 1. The van der Waals surface area contributed by atoms with Crippen molar-refractivity contribution in [3.8, 4) is 0 Å². The molecule has 0 aliphatic carbocycles. The minimum Gasteiger partial charge on any atom is -0.463 e. The van der Waals surface area contributed by atoms with Gasteiger partial charge in [0, 0.05) is 0 Å². The molecule has 19 heavy (non-hydrogen) atoms. The molecule has 2 heterocycles. The molecule has 1 aliphatic rings. The lowest BCUT2D eigenvalue weighted by molar-refractivity contribution is 0.0562. The van der Waals surface area contributed by atoms with Crippen LogP contribution in [0, 0.1) is 5.92 Å². The quantitative estimate of drug-likeness (QED) is 0.842. The summed E-state index contributed by atoms with van der Waals surface area (Å²) in [5.74, 6) is 3.93. The van der Waals surface area contributed by atoms with Gasteiger partial charge in [-0.3, -0.25) is 0 Å². The molecule has 1 atom stereocenters. The molecule has 0 amide bonds. The number of ether oxygens (including phenoxy) is 1. The van der Waals surface area contributed by atoms with Gasteiger partial charge in [0.1, 0.15) is 5.76 Å². The molecule has 1 aromatic rings. The molecule has 1 saturated heterocycles. The third-order valence-corrected chi connectivity index (χ3v) is 4.54. The predicted octanol–water partition coefficient (Wildman–Crippen LogP) is 2.86. The van der Waals surface area contributed by atoms with Gasteiger partial charge < -0.3 is 14.5 Å². The van der Waals surface area contributed by atoms with E-state index in [0.29, 0.717) is 0 Å². The lowest BCUT2D eigenvalue weighted by atomic mass is 10.0. The van der Waals surface area contributed by atoms with Gasteiger partial charge in [-0.1, -0.05) is 0 Å². The predicted molar refractivity (Wildman–Crippen MR) is 76.5 cm³/mol. The molecule has 106 valence electrons. The highest BCUT2D eigenvalue weighted by molar-refractivity contribution is 7.99. The van der Waals surface area contributed by atoms with Crippen LogP contribution in [-0.2, 0) is 4.74 Å². The lowest BCUT2D eigenvalue weighted by Crippen LogP contribution is -2.27. The van der Waals surface area contributed by atoms with E-state index in [-0.39, 0.29) is 11.8 Å². The maximum absolute atomic E-state index is 11.3. The molecule has 1 unspecified atom stereocenters. The third-order valence-electron chi connectivity index (χ3n) is 3.49. The molecule has 1 aromatic heterocycles. The van der Waals surface area contributed by atoms with Crippen LogP contribution in [0.1, 0.15) is 42.1 Å². The Morgan fingerprint density at radius 2 is 2.26 bits per heavy atom. The Labute approximate surface area is 118 Å². The first-order chi connectivity index (χ1) is 9.20. The third kappa shape index (κ3) is 4.01. The molecule has 0 aromatic carbocycles. The Bertz CT molecular complexity index is 413. The van der Waals surface area contributed by atoms with Gasteiger partial charge in [0.05, 0.1) is 13.2 Å². The van der Waals surface area contributed by atoms with Gasteiger partial charge in [-0.25, -0.2) is 4.79 Å². The molecular weight excluding hydrogens is 262 g/mol. The van der Waals surface area contributed by atoms with E-state index < -0.39 is 5.97 Å². The summed E-state index contributed by atoms with van der Waals surface area (Å²) >= 11 is 2.04. The van der Waals surface area contributed by atoms with Gasteiger partial charge in [0.25, 0.3) is 0 Å². The van der Waals surface area contributed by atoms with Crippen LogP contribution in [-0.4, -0.2) is 31.1 Å². The number of hydrogen-bond acceptors (Lipinski definition) is 5. The Balaban J connectivity index is 1.83. The second kappa shape index (κ2) is 7.01. The van der Waals surface area contributed by atoms with E-state index >= 15 is 0 Å². The van der Waals surface area contributed by atoms with E-state index in [1.165, 1.54) is 31.5 Å². The van der Waals surface area contributed by atoms with Crippen molar-refractivity contribution in [1.29, 1.82) is 0 Å². The number of furan rings is 1. The maximum Gasteiger partial charge on any atom is 0.373 e. The lowest BCUT2D eigenvalue weighted by Gasteiger charge is -2.23. The highest BCUT2D eigenvalue weighted by Gasteiger charge is 2.18. The number of thioether (sulfide) groups is 1. The van der Waals surface area contributed by atoms with E-state index in [1.54, 1.807) is 6.07 Å². The summed E-state index contributed by atoms with van der Waals surface area (Å²) in [7, 11) is 1.35. The number of carbonyl (C=O) groups excluding carboxylic acids is 1. The van der Waals surface area contributed by atoms with Crippen LogP contribution in [0.15, 0.2) is 16.5 Å². The van der Waals surface area contributed by atoms with Crippen LogP contribution in [0.4, 0.5) is 0 Å². The van der Waals surface area contributed by atoms with Gasteiger partial charge in [-0.05, 0) is 55.9 Å². The Hall–Kier alpha value is -0.940. The molecule has 4 nitrogen and oxygen atoms in total. The summed E-state index contributed by atoms with van der Waals surface area (Å²) in [5, 5.41) is 3.48. The van der Waals surface area contributed by atoms with Gasteiger partial charge >= 0.3 is 5.97 Å². The number of carbonyl (C=O) groups is 1. The Morgan fingerprint density at radius 1 is 1.53 bits per heavy atom. The number of nitrogens with one attached hydrogen (secondary N) is 1. The van der Waals surface area contributed by atoms with Crippen LogP contribution in [0.2, 0.25) is 0 Å². The van der Waals surface area contributed by atoms with Crippen LogP contribution in [0.5, 0.6) is 0 Å². The minimum absolute atomic E-state index is 0.119. The molecule has 1 aliphatic heterocycles. The molecule has 0 saturated carbocycles.